The Labute approximate surface area is 148 Å². The molecule has 134 valence electrons. The molecule has 4 rings (SSSR count). The first-order valence-corrected chi connectivity index (χ1v) is 9.16. The van der Waals surface area contributed by atoms with Gasteiger partial charge in [0.1, 0.15) is 5.82 Å². The average molecular weight is 345 g/mol. The van der Waals surface area contributed by atoms with Crippen LogP contribution in [0.25, 0.3) is 0 Å². The van der Waals surface area contributed by atoms with Crippen LogP contribution in [0.3, 0.4) is 0 Å². The fourth-order valence-electron chi connectivity index (χ4n) is 5.86. The molecule has 3 aliphatic rings. The van der Waals surface area contributed by atoms with Crippen LogP contribution in [-0.4, -0.2) is 30.4 Å². The van der Waals surface area contributed by atoms with Crippen LogP contribution in [0.1, 0.15) is 46.5 Å². The van der Waals surface area contributed by atoms with Crippen LogP contribution in [-0.2, 0) is 9.59 Å². The van der Waals surface area contributed by atoms with E-state index in [4.69, 9.17) is 0 Å². The Morgan fingerprint density at radius 1 is 1.12 bits per heavy atom. The van der Waals surface area contributed by atoms with Crippen molar-refractivity contribution in [2.45, 2.75) is 58.5 Å². The summed E-state index contributed by atoms with van der Waals surface area (Å²) in [5.41, 5.74) is 1.03. The number of fused-ring (bicyclic) bond motifs is 2. The highest BCUT2D eigenvalue weighted by atomic mass is 19.1. The number of hydrogen-bond donors (Lipinski definition) is 1. The van der Waals surface area contributed by atoms with Crippen LogP contribution in [0, 0.1) is 16.6 Å². The van der Waals surface area contributed by atoms with Crippen molar-refractivity contribution < 1.29 is 18.9 Å². The van der Waals surface area contributed by atoms with E-state index in [-0.39, 0.29) is 35.5 Å². The number of quaternary nitrogens is 1. The van der Waals surface area contributed by atoms with Gasteiger partial charge in [-0.2, -0.15) is 0 Å². The molecule has 1 aliphatic carbocycles. The molecule has 2 heterocycles. The zero-order valence-corrected chi connectivity index (χ0v) is 15.1. The smallest absolute Gasteiger partial charge is 0.292 e. The maximum Gasteiger partial charge on any atom is 0.292 e. The second-order valence-electron chi connectivity index (χ2n) is 9.31. The maximum atomic E-state index is 13.2. The largest absolute Gasteiger partial charge is 0.321 e. The van der Waals surface area contributed by atoms with Crippen LogP contribution in [0.5, 0.6) is 0 Å². The Morgan fingerprint density at radius 2 is 1.80 bits per heavy atom. The molecule has 1 saturated carbocycles. The molecular formula is C20H26FN2O2+. The molecule has 3 fully saturated rings. The summed E-state index contributed by atoms with van der Waals surface area (Å²) in [4.78, 5) is 28.1. The van der Waals surface area contributed by atoms with E-state index in [1.165, 1.54) is 40.5 Å². The summed E-state index contributed by atoms with van der Waals surface area (Å²) in [6, 6.07) is 5.76. The summed E-state index contributed by atoms with van der Waals surface area (Å²) >= 11 is 0. The number of likely N-dealkylation sites (tertiary alicyclic amines) is 1. The number of halogens is 1. The van der Waals surface area contributed by atoms with Crippen LogP contribution in [0.2, 0.25) is 0 Å². The van der Waals surface area contributed by atoms with E-state index >= 15 is 0 Å². The second kappa shape index (κ2) is 5.37. The van der Waals surface area contributed by atoms with Gasteiger partial charge in [0.25, 0.3) is 5.91 Å². The summed E-state index contributed by atoms with van der Waals surface area (Å²) in [5, 5.41) is 0. The van der Waals surface area contributed by atoms with E-state index in [1.54, 1.807) is 0 Å². The summed E-state index contributed by atoms with van der Waals surface area (Å²) < 4.78 is 13.2. The van der Waals surface area contributed by atoms with Crippen LogP contribution in [0.4, 0.5) is 10.1 Å². The number of carbonyl (C=O) groups is 2. The predicted molar refractivity (Wildman–Crippen MR) is 92.7 cm³/mol. The van der Waals surface area contributed by atoms with Crippen molar-refractivity contribution in [2.75, 3.05) is 11.4 Å². The summed E-state index contributed by atoms with van der Waals surface area (Å²) in [6.07, 6.45) is 3.68. The Kier molecular flexibility index (Phi) is 3.59. The molecule has 1 aromatic carbocycles. The Morgan fingerprint density at radius 3 is 2.48 bits per heavy atom. The van der Waals surface area contributed by atoms with Gasteiger partial charge in [-0.25, -0.2) is 9.29 Å². The minimum absolute atomic E-state index is 0.124. The van der Waals surface area contributed by atoms with E-state index in [9.17, 15) is 14.0 Å². The van der Waals surface area contributed by atoms with E-state index in [2.05, 4.69) is 20.8 Å². The molecule has 4 nitrogen and oxygen atoms in total. The number of nitrogens with one attached hydrogen (secondary N) is 1. The fourth-order valence-corrected chi connectivity index (χ4v) is 5.86. The van der Waals surface area contributed by atoms with Gasteiger partial charge >= 0.3 is 0 Å². The number of nitrogens with zero attached hydrogens (tertiary/aromatic N) is 1. The molecule has 0 aromatic heterocycles. The lowest BCUT2D eigenvalue weighted by atomic mass is 9.65. The number of imide groups is 1. The van der Waals surface area contributed by atoms with Gasteiger partial charge in [-0.15, -0.1) is 0 Å². The van der Waals surface area contributed by atoms with Crippen molar-refractivity contribution in [3.63, 3.8) is 0 Å². The first kappa shape index (κ1) is 16.7. The van der Waals surface area contributed by atoms with E-state index in [1.807, 2.05) is 0 Å². The SMILES string of the molecule is CC1(C)C[C@@H]2C[C@@](C)(C[NH+]2[C@@H]2CC(=O)N(c3ccc(F)cc3)C2=O)C1. The molecule has 25 heavy (non-hydrogen) atoms. The lowest BCUT2D eigenvalue weighted by Crippen LogP contribution is -3.18. The number of benzene rings is 1. The molecule has 2 saturated heterocycles. The van der Waals surface area contributed by atoms with E-state index in [0.29, 0.717) is 17.1 Å². The number of amides is 2. The standard InChI is InChI=1S/C20H25FN2O2/c1-19(2)9-15-10-20(3,11-19)12-22(15)16-8-17(24)23(18(16)25)14-6-4-13(21)5-7-14/h4-7,15-16H,8-12H2,1-3H3/p+1/t15-,16-,20-/m1/s1. The van der Waals surface area contributed by atoms with Gasteiger partial charge in [0, 0.05) is 18.3 Å². The number of rotatable bonds is 2. The Bertz CT molecular complexity index is 730. The summed E-state index contributed by atoms with van der Waals surface area (Å²) in [5.74, 6) is -0.658. The normalized spacial score (nSPS) is 37.0. The first-order chi connectivity index (χ1) is 11.7. The van der Waals surface area contributed by atoms with Crippen molar-refractivity contribution >= 4 is 17.5 Å². The minimum atomic E-state index is -0.367. The first-order valence-electron chi connectivity index (χ1n) is 9.16. The van der Waals surface area contributed by atoms with Crippen molar-refractivity contribution in [3.05, 3.63) is 30.1 Å². The van der Waals surface area contributed by atoms with Gasteiger partial charge in [0.05, 0.1) is 24.7 Å². The highest BCUT2D eigenvalue weighted by molar-refractivity contribution is 6.21. The predicted octanol–water partition coefficient (Wildman–Crippen LogP) is 1.94. The number of anilines is 1. The summed E-state index contributed by atoms with van der Waals surface area (Å²) in [7, 11) is 0. The summed E-state index contributed by atoms with van der Waals surface area (Å²) in [6.45, 7) is 7.91. The monoisotopic (exact) mass is 345 g/mol. The maximum absolute atomic E-state index is 13.2. The van der Waals surface area contributed by atoms with Gasteiger partial charge in [-0.1, -0.05) is 20.8 Å². The molecule has 1 aromatic rings. The zero-order chi connectivity index (χ0) is 18.0. The van der Waals surface area contributed by atoms with Crippen molar-refractivity contribution in [2.24, 2.45) is 10.8 Å². The van der Waals surface area contributed by atoms with Gasteiger partial charge in [0.15, 0.2) is 6.04 Å². The van der Waals surface area contributed by atoms with Gasteiger partial charge in [-0.3, -0.25) is 9.59 Å². The Balaban J connectivity index is 1.59. The van der Waals surface area contributed by atoms with Crippen LogP contribution in [0.15, 0.2) is 24.3 Å². The third-order valence-corrected chi connectivity index (χ3v) is 6.28. The van der Waals surface area contributed by atoms with Crippen LogP contribution < -0.4 is 9.80 Å². The highest BCUT2D eigenvalue weighted by Gasteiger charge is 2.58. The quantitative estimate of drug-likeness (QED) is 0.833. The topological polar surface area (TPSA) is 41.8 Å². The molecule has 5 heteroatoms. The van der Waals surface area contributed by atoms with Crippen molar-refractivity contribution in [1.82, 2.24) is 0 Å². The van der Waals surface area contributed by atoms with Crippen LogP contribution >= 0.6 is 0 Å². The molecule has 1 unspecified atom stereocenters. The van der Waals surface area contributed by atoms with Crippen molar-refractivity contribution in [1.29, 1.82) is 0 Å². The van der Waals surface area contributed by atoms with Gasteiger partial charge in [0.2, 0.25) is 5.91 Å². The Hall–Kier alpha value is -1.75. The lowest BCUT2D eigenvalue weighted by Gasteiger charge is -2.37. The highest BCUT2D eigenvalue weighted by Crippen LogP contribution is 2.47. The molecular weight excluding hydrogens is 319 g/mol. The van der Waals surface area contributed by atoms with E-state index < -0.39 is 0 Å². The zero-order valence-electron chi connectivity index (χ0n) is 15.1. The molecule has 2 amide bonds. The fraction of sp³-hybridized carbons (Fsp3) is 0.600. The molecule has 2 bridgehead atoms. The second-order valence-corrected chi connectivity index (χ2v) is 9.31. The average Bonchev–Trinajstić information content (AvgIpc) is 2.92. The molecule has 2 aliphatic heterocycles. The van der Waals surface area contributed by atoms with Gasteiger partial charge in [-0.05, 0) is 36.1 Å². The molecule has 0 radical (unpaired) electrons. The third-order valence-electron chi connectivity index (χ3n) is 6.28. The minimum Gasteiger partial charge on any atom is -0.321 e. The molecule has 0 spiro atoms. The van der Waals surface area contributed by atoms with Gasteiger partial charge < -0.3 is 4.90 Å². The number of carbonyl (C=O) groups excluding carboxylic acids is 2. The molecule has 4 atom stereocenters. The van der Waals surface area contributed by atoms with E-state index in [0.717, 1.165) is 19.4 Å². The lowest BCUT2D eigenvalue weighted by molar-refractivity contribution is -0.929. The molecule has 1 N–H and O–H groups in total. The third kappa shape index (κ3) is 2.78. The number of hydrogen-bond acceptors (Lipinski definition) is 2. The van der Waals surface area contributed by atoms with Crippen molar-refractivity contribution in [3.8, 4) is 0 Å².